The smallest absolute Gasteiger partial charge is 0.411 e. The number of likely N-dealkylation sites (tertiary alicyclic amines) is 1. The third kappa shape index (κ3) is 4.45. The van der Waals surface area contributed by atoms with Crippen molar-refractivity contribution in [3.8, 4) is 0 Å². The first-order chi connectivity index (χ1) is 13.0. The molecule has 2 unspecified atom stereocenters. The number of rotatable bonds is 4. The lowest BCUT2D eigenvalue weighted by molar-refractivity contribution is -0.121. The summed E-state index contributed by atoms with van der Waals surface area (Å²) in [6, 6.07) is 4.41. The summed E-state index contributed by atoms with van der Waals surface area (Å²) >= 11 is 3.28. The number of piperidine rings is 1. The van der Waals surface area contributed by atoms with Crippen LogP contribution in [0.4, 0.5) is 10.6 Å². The normalized spacial score (nSPS) is 25.7. The van der Waals surface area contributed by atoms with Crippen LogP contribution in [0.5, 0.6) is 0 Å². The van der Waals surface area contributed by atoms with Gasteiger partial charge in [-0.3, -0.25) is 14.5 Å². The highest BCUT2D eigenvalue weighted by Gasteiger charge is 2.67. The molecule has 2 N–H and O–H groups in total. The molecule has 1 aliphatic heterocycles. The second kappa shape index (κ2) is 7.35. The largest absolute Gasteiger partial charge is 0.444 e. The van der Waals surface area contributed by atoms with E-state index in [1.54, 1.807) is 39.0 Å². The zero-order chi connectivity index (χ0) is 20.7. The molecule has 0 radical (unpaired) electrons. The van der Waals surface area contributed by atoms with Crippen LogP contribution in [0.25, 0.3) is 0 Å². The Morgan fingerprint density at radius 2 is 2.04 bits per heavy atom. The molecule has 3 atom stereocenters. The van der Waals surface area contributed by atoms with Crippen molar-refractivity contribution in [2.75, 3.05) is 11.9 Å². The van der Waals surface area contributed by atoms with Crippen LogP contribution in [-0.2, 0) is 14.3 Å². The number of amides is 3. The molecule has 1 aromatic heterocycles. The highest BCUT2D eigenvalue weighted by Crippen LogP contribution is 2.59. The summed E-state index contributed by atoms with van der Waals surface area (Å²) in [7, 11) is 0. The van der Waals surface area contributed by atoms with Crippen LogP contribution in [0, 0.1) is 5.41 Å². The number of hydrogen-bond donors (Lipinski definition) is 2. The van der Waals surface area contributed by atoms with Gasteiger partial charge in [-0.25, -0.2) is 9.78 Å². The second-order valence-electron chi connectivity index (χ2n) is 8.43. The molecule has 2 fully saturated rings. The number of ether oxygens (including phenoxy) is 1. The van der Waals surface area contributed by atoms with Crippen LogP contribution in [0.2, 0.25) is 0 Å². The third-order valence-electron chi connectivity index (χ3n) is 4.98. The van der Waals surface area contributed by atoms with Gasteiger partial charge in [0.2, 0.25) is 11.8 Å². The molecule has 1 aromatic rings. The summed E-state index contributed by atoms with van der Waals surface area (Å²) < 4.78 is 6.14. The van der Waals surface area contributed by atoms with Crippen molar-refractivity contribution in [2.24, 2.45) is 5.41 Å². The van der Waals surface area contributed by atoms with E-state index < -0.39 is 17.7 Å². The first-order valence-electron chi connectivity index (χ1n) is 9.20. The van der Waals surface area contributed by atoms with Gasteiger partial charge in [0, 0.05) is 24.9 Å². The Hall–Kier alpha value is -2.16. The maximum atomic E-state index is 12.9. The van der Waals surface area contributed by atoms with Crippen molar-refractivity contribution >= 4 is 39.7 Å². The maximum absolute atomic E-state index is 12.9. The van der Waals surface area contributed by atoms with E-state index >= 15 is 0 Å². The molecule has 3 rings (SSSR count). The van der Waals surface area contributed by atoms with E-state index in [-0.39, 0.29) is 23.3 Å². The minimum atomic E-state index is -0.678. The van der Waals surface area contributed by atoms with E-state index in [9.17, 15) is 14.4 Å². The number of carbonyl (C=O) groups is 3. The van der Waals surface area contributed by atoms with Crippen LogP contribution in [0.1, 0.15) is 40.5 Å². The van der Waals surface area contributed by atoms with Crippen LogP contribution in [0.3, 0.4) is 0 Å². The fourth-order valence-electron chi connectivity index (χ4n) is 3.68. The quantitative estimate of drug-likeness (QED) is 0.683. The molecule has 0 bridgehead atoms. The lowest BCUT2D eigenvalue weighted by atomic mass is 9.99. The van der Waals surface area contributed by atoms with Crippen LogP contribution >= 0.6 is 15.9 Å². The summed E-state index contributed by atoms with van der Waals surface area (Å²) in [5, 5.41) is 5.60. The van der Waals surface area contributed by atoms with E-state index in [0.29, 0.717) is 23.4 Å². The van der Waals surface area contributed by atoms with Crippen molar-refractivity contribution in [1.82, 2.24) is 15.2 Å². The number of fused-ring (bicyclic) bond motifs is 1. The molecule has 152 valence electrons. The minimum Gasteiger partial charge on any atom is -0.444 e. The molecule has 8 nitrogen and oxygen atoms in total. The summed E-state index contributed by atoms with van der Waals surface area (Å²) in [6.45, 7) is 7.26. The Bertz CT molecular complexity index is 809. The molecule has 1 saturated carbocycles. The number of nitrogens with one attached hydrogen (secondary N) is 2. The zero-order valence-corrected chi connectivity index (χ0v) is 18.0. The Balaban J connectivity index is 1.79. The number of aromatic nitrogens is 1. The molecule has 28 heavy (non-hydrogen) atoms. The molecule has 0 spiro atoms. The molecule has 1 saturated heterocycles. The highest BCUT2D eigenvalue weighted by molar-refractivity contribution is 9.10. The number of halogens is 1. The van der Waals surface area contributed by atoms with E-state index in [0.717, 1.165) is 6.42 Å². The van der Waals surface area contributed by atoms with E-state index in [2.05, 4.69) is 31.5 Å². The molecule has 2 aliphatic rings. The van der Waals surface area contributed by atoms with Gasteiger partial charge in [0.1, 0.15) is 22.1 Å². The average Bonchev–Trinajstić information content (AvgIpc) is 3.16. The molecule has 2 heterocycles. The minimum absolute atomic E-state index is 0.125. The van der Waals surface area contributed by atoms with Gasteiger partial charge in [-0.05, 0) is 61.7 Å². The van der Waals surface area contributed by atoms with Crippen molar-refractivity contribution in [1.29, 1.82) is 0 Å². The lowest BCUT2D eigenvalue weighted by Gasteiger charge is -2.29. The van der Waals surface area contributed by atoms with Crippen molar-refractivity contribution < 1.29 is 19.1 Å². The fourth-order valence-corrected chi connectivity index (χ4v) is 4.02. The van der Waals surface area contributed by atoms with Crippen LogP contribution < -0.4 is 10.6 Å². The Kier molecular flexibility index (Phi) is 5.40. The van der Waals surface area contributed by atoms with Gasteiger partial charge in [0.15, 0.2) is 0 Å². The Morgan fingerprint density at radius 3 is 2.64 bits per heavy atom. The van der Waals surface area contributed by atoms with Gasteiger partial charge in [0.25, 0.3) is 0 Å². The first kappa shape index (κ1) is 20.6. The predicted octanol–water partition coefficient (Wildman–Crippen LogP) is 2.69. The van der Waals surface area contributed by atoms with Crippen LogP contribution in [0.15, 0.2) is 22.8 Å². The summed E-state index contributed by atoms with van der Waals surface area (Å²) in [5.74, 6) is -0.0408. The standard InChI is InChI=1S/C19H25BrN4O4/c1-11(25)21-10-19-8-12(16(26)23-15-7-5-6-14(20)22-15)24(13(19)9-19)17(27)28-18(2,3)4/h5-7,12-13H,8-10H2,1-4H3,(H,21,25)(H,22,23,26)/t12-,13?,19?/m0/s1. The summed E-state index contributed by atoms with van der Waals surface area (Å²) in [6.07, 6.45) is 0.699. The Morgan fingerprint density at radius 1 is 1.32 bits per heavy atom. The molecule has 1 aliphatic carbocycles. The van der Waals surface area contributed by atoms with Gasteiger partial charge in [-0.15, -0.1) is 0 Å². The monoisotopic (exact) mass is 452 g/mol. The van der Waals surface area contributed by atoms with Crippen molar-refractivity contribution in [3.63, 3.8) is 0 Å². The zero-order valence-electron chi connectivity index (χ0n) is 16.4. The summed E-state index contributed by atoms with van der Waals surface area (Å²) in [4.78, 5) is 42.8. The predicted molar refractivity (Wildman–Crippen MR) is 107 cm³/mol. The van der Waals surface area contributed by atoms with E-state index in [1.807, 2.05) is 0 Å². The summed E-state index contributed by atoms with van der Waals surface area (Å²) in [5.41, 5.74) is -0.947. The highest BCUT2D eigenvalue weighted by atomic mass is 79.9. The second-order valence-corrected chi connectivity index (χ2v) is 9.25. The molecular formula is C19H25BrN4O4. The molecule has 0 aromatic carbocycles. The Labute approximate surface area is 172 Å². The molecule has 3 amide bonds. The number of carbonyl (C=O) groups excluding carboxylic acids is 3. The third-order valence-corrected chi connectivity index (χ3v) is 5.42. The number of pyridine rings is 1. The van der Waals surface area contributed by atoms with Crippen LogP contribution in [-0.4, -0.2) is 52.0 Å². The maximum Gasteiger partial charge on any atom is 0.411 e. The number of anilines is 1. The molecule has 9 heteroatoms. The van der Waals surface area contributed by atoms with Gasteiger partial charge < -0.3 is 15.4 Å². The average molecular weight is 453 g/mol. The van der Waals surface area contributed by atoms with Crippen molar-refractivity contribution in [3.05, 3.63) is 22.8 Å². The van der Waals surface area contributed by atoms with Gasteiger partial charge >= 0.3 is 6.09 Å². The fraction of sp³-hybridized carbons (Fsp3) is 0.579. The SMILES string of the molecule is CC(=O)NCC12CC1N(C(=O)OC(C)(C)C)[C@H](C(=O)Nc1cccc(Br)n1)C2. The number of nitrogens with zero attached hydrogens (tertiary/aromatic N) is 2. The van der Waals surface area contributed by atoms with Gasteiger partial charge in [-0.2, -0.15) is 0 Å². The van der Waals surface area contributed by atoms with Crippen molar-refractivity contribution in [2.45, 2.75) is 58.2 Å². The first-order valence-corrected chi connectivity index (χ1v) is 9.99. The lowest BCUT2D eigenvalue weighted by Crippen LogP contribution is -2.47. The number of hydrogen-bond acceptors (Lipinski definition) is 5. The van der Waals surface area contributed by atoms with Gasteiger partial charge in [0.05, 0.1) is 0 Å². The topological polar surface area (TPSA) is 101 Å². The molecular weight excluding hydrogens is 428 g/mol. The van der Waals surface area contributed by atoms with Gasteiger partial charge in [-0.1, -0.05) is 6.07 Å². The van der Waals surface area contributed by atoms with E-state index in [4.69, 9.17) is 4.74 Å². The van der Waals surface area contributed by atoms with E-state index in [1.165, 1.54) is 11.8 Å².